The quantitative estimate of drug-likeness (QED) is 0.741. The molecule has 0 saturated carbocycles. The van der Waals surface area contributed by atoms with Gasteiger partial charge >= 0.3 is 0 Å². The highest BCUT2D eigenvalue weighted by atomic mass is 32.1. The molecule has 0 bridgehead atoms. The number of carbonyl (C=O) groups is 1. The van der Waals surface area contributed by atoms with Gasteiger partial charge in [-0.1, -0.05) is 0 Å². The number of nitrogens with one attached hydrogen (secondary N) is 1. The third kappa shape index (κ3) is 2.78. The summed E-state index contributed by atoms with van der Waals surface area (Å²) in [4.78, 5) is 16.3. The van der Waals surface area contributed by atoms with Gasteiger partial charge in [-0.2, -0.15) is 0 Å². The van der Waals surface area contributed by atoms with Crippen molar-refractivity contribution in [2.45, 2.75) is 26.4 Å². The van der Waals surface area contributed by atoms with Crippen LogP contribution in [0.3, 0.4) is 0 Å². The number of nitrogens with two attached hydrogens (primary N) is 1. The molecule has 0 unspecified atom stereocenters. The molecule has 1 heterocycles. The fourth-order valence-electron chi connectivity index (χ4n) is 0.824. The first-order valence-electron chi connectivity index (χ1n) is 4.03. The maximum Gasteiger partial charge on any atom is 0.236 e. The SMILES string of the molecule is Cc1ncsc1CNC(=O)[C@@H](C)N. The highest BCUT2D eigenvalue weighted by Gasteiger charge is 2.07. The van der Waals surface area contributed by atoms with Gasteiger partial charge in [-0.15, -0.1) is 11.3 Å². The van der Waals surface area contributed by atoms with Crippen molar-refractivity contribution in [1.29, 1.82) is 0 Å². The van der Waals surface area contributed by atoms with Crippen LogP contribution >= 0.6 is 11.3 Å². The van der Waals surface area contributed by atoms with E-state index >= 15 is 0 Å². The van der Waals surface area contributed by atoms with Crippen LogP contribution in [-0.2, 0) is 11.3 Å². The Morgan fingerprint density at radius 3 is 3.00 bits per heavy atom. The largest absolute Gasteiger partial charge is 0.350 e. The van der Waals surface area contributed by atoms with Gasteiger partial charge in [-0.3, -0.25) is 4.79 Å². The Labute approximate surface area is 81.2 Å². The number of amides is 1. The van der Waals surface area contributed by atoms with Crippen LogP contribution in [0.25, 0.3) is 0 Å². The molecule has 0 aromatic carbocycles. The molecule has 4 nitrogen and oxygen atoms in total. The summed E-state index contributed by atoms with van der Waals surface area (Å²) in [6.07, 6.45) is 0. The molecule has 1 aromatic heterocycles. The van der Waals surface area contributed by atoms with E-state index in [1.54, 1.807) is 12.4 Å². The molecule has 72 valence electrons. The Morgan fingerprint density at radius 2 is 2.54 bits per heavy atom. The molecular formula is C8H13N3OS. The van der Waals surface area contributed by atoms with Crippen molar-refractivity contribution >= 4 is 17.2 Å². The van der Waals surface area contributed by atoms with Crippen molar-refractivity contribution in [3.8, 4) is 0 Å². The van der Waals surface area contributed by atoms with E-state index in [0.29, 0.717) is 6.54 Å². The van der Waals surface area contributed by atoms with Crippen LogP contribution in [-0.4, -0.2) is 16.9 Å². The first-order valence-corrected chi connectivity index (χ1v) is 4.91. The van der Waals surface area contributed by atoms with E-state index < -0.39 is 6.04 Å². The second kappa shape index (κ2) is 4.34. The molecule has 5 heteroatoms. The van der Waals surface area contributed by atoms with Gasteiger partial charge in [0.1, 0.15) is 0 Å². The number of hydrogen-bond donors (Lipinski definition) is 2. The normalized spacial score (nSPS) is 12.5. The highest BCUT2D eigenvalue weighted by molar-refractivity contribution is 7.09. The molecule has 1 aromatic rings. The standard InChI is InChI=1S/C8H13N3OS/c1-5(9)8(12)10-3-7-6(2)11-4-13-7/h4-5H,3,9H2,1-2H3,(H,10,12)/t5-/m1/s1. The van der Waals surface area contributed by atoms with Gasteiger partial charge < -0.3 is 11.1 Å². The van der Waals surface area contributed by atoms with E-state index in [1.807, 2.05) is 6.92 Å². The van der Waals surface area contributed by atoms with Gasteiger partial charge in [-0.25, -0.2) is 4.98 Å². The Hall–Kier alpha value is -0.940. The average molecular weight is 199 g/mol. The van der Waals surface area contributed by atoms with Crippen LogP contribution in [0.4, 0.5) is 0 Å². The Balaban J connectivity index is 2.44. The molecule has 0 fully saturated rings. The predicted octanol–water partition coefficient (Wildman–Crippen LogP) is 0.415. The summed E-state index contributed by atoms with van der Waals surface area (Å²) in [7, 11) is 0. The van der Waals surface area contributed by atoms with Crippen LogP contribution in [0.2, 0.25) is 0 Å². The van der Waals surface area contributed by atoms with Crippen molar-refractivity contribution in [3.05, 3.63) is 16.1 Å². The summed E-state index contributed by atoms with van der Waals surface area (Å²) in [5.74, 6) is -0.132. The summed E-state index contributed by atoms with van der Waals surface area (Å²) >= 11 is 1.54. The summed E-state index contributed by atoms with van der Waals surface area (Å²) in [6.45, 7) is 4.11. The zero-order valence-corrected chi connectivity index (χ0v) is 8.52. The fourth-order valence-corrected chi connectivity index (χ4v) is 1.54. The monoisotopic (exact) mass is 199 g/mol. The smallest absolute Gasteiger partial charge is 0.236 e. The van der Waals surface area contributed by atoms with Crippen molar-refractivity contribution in [2.75, 3.05) is 0 Å². The lowest BCUT2D eigenvalue weighted by Crippen LogP contribution is -2.37. The summed E-state index contributed by atoms with van der Waals surface area (Å²) in [5, 5.41) is 2.73. The van der Waals surface area contributed by atoms with E-state index in [0.717, 1.165) is 10.6 Å². The number of rotatable bonds is 3. The minimum atomic E-state index is -0.451. The van der Waals surface area contributed by atoms with Crippen molar-refractivity contribution in [2.24, 2.45) is 5.73 Å². The number of nitrogens with zero attached hydrogens (tertiary/aromatic N) is 1. The predicted molar refractivity (Wildman–Crippen MR) is 52.3 cm³/mol. The van der Waals surface area contributed by atoms with Gasteiger partial charge in [0.15, 0.2) is 0 Å². The summed E-state index contributed by atoms with van der Waals surface area (Å²) in [6, 6.07) is -0.451. The third-order valence-corrected chi connectivity index (χ3v) is 2.62. The molecular weight excluding hydrogens is 186 g/mol. The minimum Gasteiger partial charge on any atom is -0.350 e. The van der Waals surface area contributed by atoms with E-state index in [9.17, 15) is 4.79 Å². The van der Waals surface area contributed by atoms with Crippen molar-refractivity contribution in [1.82, 2.24) is 10.3 Å². The van der Waals surface area contributed by atoms with Crippen LogP contribution in [0.5, 0.6) is 0 Å². The maximum atomic E-state index is 11.1. The summed E-state index contributed by atoms with van der Waals surface area (Å²) < 4.78 is 0. The zero-order chi connectivity index (χ0) is 9.84. The molecule has 0 spiro atoms. The van der Waals surface area contributed by atoms with E-state index in [2.05, 4.69) is 10.3 Å². The molecule has 1 atom stereocenters. The highest BCUT2D eigenvalue weighted by Crippen LogP contribution is 2.10. The molecule has 0 radical (unpaired) electrons. The van der Waals surface area contributed by atoms with Crippen LogP contribution in [0.1, 0.15) is 17.5 Å². The molecule has 1 rings (SSSR count). The van der Waals surface area contributed by atoms with Crippen LogP contribution in [0.15, 0.2) is 5.51 Å². The van der Waals surface area contributed by atoms with Gasteiger partial charge in [0.25, 0.3) is 0 Å². The number of aryl methyl sites for hydroxylation is 1. The fraction of sp³-hybridized carbons (Fsp3) is 0.500. The van der Waals surface area contributed by atoms with Crippen LogP contribution < -0.4 is 11.1 Å². The third-order valence-electron chi connectivity index (χ3n) is 1.68. The second-order valence-electron chi connectivity index (χ2n) is 2.87. The Kier molecular flexibility index (Phi) is 3.39. The maximum absolute atomic E-state index is 11.1. The topological polar surface area (TPSA) is 68.0 Å². The number of thiazole rings is 1. The molecule has 0 aliphatic rings. The van der Waals surface area contributed by atoms with Crippen LogP contribution in [0, 0.1) is 6.92 Å². The second-order valence-corrected chi connectivity index (χ2v) is 3.81. The number of hydrogen-bond acceptors (Lipinski definition) is 4. The van der Waals surface area contributed by atoms with Crippen molar-refractivity contribution < 1.29 is 4.79 Å². The first kappa shape index (κ1) is 10.1. The first-order chi connectivity index (χ1) is 6.11. The molecule has 3 N–H and O–H groups in total. The Morgan fingerprint density at radius 1 is 1.85 bits per heavy atom. The lowest BCUT2D eigenvalue weighted by Gasteiger charge is -2.06. The van der Waals surface area contributed by atoms with Gasteiger partial charge in [0.05, 0.1) is 23.8 Å². The molecule has 0 aliphatic heterocycles. The molecule has 0 aliphatic carbocycles. The van der Waals surface area contributed by atoms with E-state index in [1.165, 1.54) is 11.3 Å². The number of aromatic nitrogens is 1. The average Bonchev–Trinajstić information content (AvgIpc) is 2.47. The lowest BCUT2D eigenvalue weighted by atomic mass is 10.3. The van der Waals surface area contributed by atoms with Gasteiger partial charge in [0.2, 0.25) is 5.91 Å². The lowest BCUT2D eigenvalue weighted by molar-refractivity contribution is -0.122. The van der Waals surface area contributed by atoms with Gasteiger partial charge in [-0.05, 0) is 13.8 Å². The van der Waals surface area contributed by atoms with Crippen molar-refractivity contribution in [3.63, 3.8) is 0 Å². The Bertz CT molecular complexity index is 295. The number of carbonyl (C=O) groups excluding carboxylic acids is 1. The van der Waals surface area contributed by atoms with E-state index in [-0.39, 0.29) is 5.91 Å². The minimum absolute atomic E-state index is 0.132. The molecule has 1 amide bonds. The van der Waals surface area contributed by atoms with E-state index in [4.69, 9.17) is 5.73 Å². The summed E-state index contributed by atoms with van der Waals surface area (Å²) in [5.41, 5.74) is 8.12. The molecule has 13 heavy (non-hydrogen) atoms. The molecule has 0 saturated heterocycles. The zero-order valence-electron chi connectivity index (χ0n) is 7.70. The van der Waals surface area contributed by atoms with Gasteiger partial charge in [0, 0.05) is 4.88 Å².